The third-order valence-electron chi connectivity index (χ3n) is 4.44. The third-order valence-corrected chi connectivity index (χ3v) is 5.86. The van der Waals surface area contributed by atoms with Gasteiger partial charge in [-0.15, -0.1) is 0 Å². The summed E-state index contributed by atoms with van der Waals surface area (Å²) in [6, 6.07) is 12.4. The van der Waals surface area contributed by atoms with E-state index in [1.165, 1.54) is 7.11 Å². The highest BCUT2D eigenvalue weighted by atomic mass is 32.2. The van der Waals surface area contributed by atoms with E-state index in [9.17, 15) is 8.42 Å². The summed E-state index contributed by atoms with van der Waals surface area (Å²) in [6.45, 7) is 7.63. The van der Waals surface area contributed by atoms with Crippen LogP contribution in [-0.2, 0) is 10.0 Å². The number of hydrogen-bond donors (Lipinski definition) is 1. The van der Waals surface area contributed by atoms with Crippen molar-refractivity contribution in [3.8, 4) is 17.1 Å². The maximum Gasteiger partial charge on any atom is 0.262 e. The first-order chi connectivity index (χ1) is 13.2. The average molecular weight is 401 g/mol. The summed E-state index contributed by atoms with van der Waals surface area (Å²) in [6.07, 6.45) is 0. The first-order valence-corrected chi connectivity index (χ1v) is 10.4. The van der Waals surface area contributed by atoms with Crippen LogP contribution in [0.15, 0.2) is 51.9 Å². The second-order valence-corrected chi connectivity index (χ2v) is 8.70. The van der Waals surface area contributed by atoms with Crippen LogP contribution in [0.5, 0.6) is 5.75 Å². The highest BCUT2D eigenvalue weighted by molar-refractivity contribution is 7.92. The Labute approximate surface area is 165 Å². The fourth-order valence-corrected chi connectivity index (χ4v) is 4.45. The van der Waals surface area contributed by atoms with Gasteiger partial charge in [0.1, 0.15) is 5.75 Å². The molecule has 0 amide bonds. The van der Waals surface area contributed by atoms with Gasteiger partial charge in [-0.1, -0.05) is 37.2 Å². The molecule has 148 valence electrons. The van der Waals surface area contributed by atoms with Gasteiger partial charge in [0, 0.05) is 11.6 Å². The molecule has 6 nitrogen and oxygen atoms in total. The summed E-state index contributed by atoms with van der Waals surface area (Å²) in [4.78, 5) is 0.206. The molecule has 0 spiro atoms. The zero-order chi connectivity index (χ0) is 20.5. The van der Waals surface area contributed by atoms with Crippen LogP contribution in [0.25, 0.3) is 11.3 Å². The highest BCUT2D eigenvalue weighted by Gasteiger charge is 2.23. The molecule has 3 aromatic rings. The van der Waals surface area contributed by atoms with Gasteiger partial charge < -0.3 is 9.26 Å². The molecule has 0 atom stereocenters. The van der Waals surface area contributed by atoms with E-state index in [0.29, 0.717) is 22.8 Å². The van der Waals surface area contributed by atoms with E-state index in [1.807, 2.05) is 45.9 Å². The Morgan fingerprint density at radius 2 is 1.82 bits per heavy atom. The number of nitrogens with zero attached hydrogens (tertiary/aromatic N) is 1. The van der Waals surface area contributed by atoms with Crippen molar-refractivity contribution >= 4 is 15.7 Å². The lowest BCUT2D eigenvalue weighted by Crippen LogP contribution is -2.16. The van der Waals surface area contributed by atoms with Crippen LogP contribution < -0.4 is 9.46 Å². The Balaban J connectivity index is 2.10. The third kappa shape index (κ3) is 4.04. The molecule has 28 heavy (non-hydrogen) atoms. The largest absolute Gasteiger partial charge is 0.495 e. The van der Waals surface area contributed by atoms with Gasteiger partial charge in [0.25, 0.3) is 10.0 Å². The molecule has 0 bridgehead atoms. The van der Waals surface area contributed by atoms with Gasteiger partial charge >= 0.3 is 0 Å². The summed E-state index contributed by atoms with van der Waals surface area (Å²) in [5, 5.41) is 3.89. The molecule has 7 heteroatoms. The first kappa shape index (κ1) is 19.9. The smallest absolute Gasteiger partial charge is 0.262 e. The Hall–Kier alpha value is -2.80. The van der Waals surface area contributed by atoms with Gasteiger partial charge in [-0.25, -0.2) is 8.42 Å². The quantitative estimate of drug-likeness (QED) is 0.637. The van der Waals surface area contributed by atoms with Gasteiger partial charge in [-0.2, -0.15) is 0 Å². The maximum absolute atomic E-state index is 13.3. The number of rotatable bonds is 6. The molecule has 0 aliphatic carbocycles. The van der Waals surface area contributed by atoms with E-state index >= 15 is 0 Å². The zero-order valence-electron chi connectivity index (χ0n) is 16.6. The summed E-state index contributed by atoms with van der Waals surface area (Å²) in [5.74, 6) is 1.01. The minimum absolute atomic E-state index is 0.0245. The Bertz CT molecular complexity index is 1100. The van der Waals surface area contributed by atoms with Crippen molar-refractivity contribution in [1.29, 1.82) is 0 Å². The fraction of sp³-hybridized carbons (Fsp3) is 0.286. The highest BCUT2D eigenvalue weighted by Crippen LogP contribution is 2.33. The van der Waals surface area contributed by atoms with Crippen LogP contribution in [0.2, 0.25) is 0 Å². The van der Waals surface area contributed by atoms with Crippen molar-refractivity contribution in [1.82, 2.24) is 5.16 Å². The number of anilines is 1. The summed E-state index contributed by atoms with van der Waals surface area (Å²) in [5.41, 5.74) is 3.43. The fourth-order valence-electron chi connectivity index (χ4n) is 3.00. The lowest BCUT2D eigenvalue weighted by Gasteiger charge is -2.17. The molecule has 1 N–H and O–H groups in total. The van der Waals surface area contributed by atoms with Crippen LogP contribution in [0, 0.1) is 13.8 Å². The summed E-state index contributed by atoms with van der Waals surface area (Å²) >= 11 is 0. The molecule has 0 aliphatic heterocycles. The Kier molecular flexibility index (Phi) is 5.47. The number of ether oxygens (including phenoxy) is 1. The van der Waals surface area contributed by atoms with Crippen molar-refractivity contribution in [3.63, 3.8) is 0 Å². The number of nitrogens with one attached hydrogen (secondary N) is 1. The van der Waals surface area contributed by atoms with Gasteiger partial charge in [0.15, 0.2) is 5.76 Å². The van der Waals surface area contributed by atoms with E-state index in [0.717, 1.165) is 16.8 Å². The van der Waals surface area contributed by atoms with Crippen molar-refractivity contribution in [2.45, 2.75) is 38.5 Å². The molecule has 0 unspecified atom stereocenters. The van der Waals surface area contributed by atoms with Crippen molar-refractivity contribution in [2.24, 2.45) is 0 Å². The molecule has 0 aliphatic rings. The van der Waals surface area contributed by atoms with Crippen molar-refractivity contribution < 1.29 is 17.7 Å². The molecule has 0 saturated heterocycles. The molecular weight excluding hydrogens is 376 g/mol. The minimum atomic E-state index is -3.85. The first-order valence-electron chi connectivity index (χ1n) is 8.96. The normalized spacial score (nSPS) is 11.6. The molecule has 1 aromatic heterocycles. The average Bonchev–Trinajstić information content (AvgIpc) is 3.07. The predicted molar refractivity (Wildman–Crippen MR) is 109 cm³/mol. The van der Waals surface area contributed by atoms with Crippen molar-refractivity contribution in [3.05, 3.63) is 59.3 Å². The van der Waals surface area contributed by atoms with E-state index in [4.69, 9.17) is 9.26 Å². The second kappa shape index (κ2) is 7.67. The van der Waals surface area contributed by atoms with Crippen LogP contribution in [0.1, 0.15) is 36.6 Å². The molecular formula is C21H24N2O4S. The van der Waals surface area contributed by atoms with Gasteiger partial charge in [0.2, 0.25) is 0 Å². The Morgan fingerprint density at radius 3 is 2.43 bits per heavy atom. The summed E-state index contributed by atoms with van der Waals surface area (Å²) in [7, 11) is -2.35. The lowest BCUT2D eigenvalue weighted by molar-refractivity contribution is 0.417. The molecule has 1 heterocycles. The number of methoxy groups -OCH3 is 1. The molecule has 3 rings (SSSR count). The second-order valence-electron chi connectivity index (χ2n) is 7.05. The minimum Gasteiger partial charge on any atom is -0.495 e. The maximum atomic E-state index is 13.3. The van der Waals surface area contributed by atoms with Crippen LogP contribution in [0.4, 0.5) is 5.69 Å². The number of hydrogen-bond acceptors (Lipinski definition) is 5. The lowest BCUT2D eigenvalue weighted by atomic mass is 10.0. The van der Waals surface area contributed by atoms with Crippen LogP contribution in [0.3, 0.4) is 0 Å². The SMILES string of the molecule is COc1ccc(C)cc1NS(=O)(=O)c1cc(-c2cc(C)no2)ccc1C(C)C. The number of benzene rings is 2. The standard InChI is InChI=1S/C21H24N2O4S/c1-13(2)17-8-7-16(20-11-15(4)22-27-20)12-21(17)28(24,25)23-18-10-14(3)6-9-19(18)26-5/h6-13,23H,1-5H3. The van der Waals surface area contributed by atoms with Gasteiger partial charge in [-0.3, -0.25) is 4.72 Å². The molecule has 0 saturated carbocycles. The van der Waals surface area contributed by atoms with E-state index < -0.39 is 10.0 Å². The van der Waals surface area contributed by atoms with E-state index in [2.05, 4.69) is 9.88 Å². The van der Waals surface area contributed by atoms with Crippen molar-refractivity contribution in [2.75, 3.05) is 11.8 Å². The van der Waals surface area contributed by atoms with E-state index in [-0.39, 0.29) is 10.8 Å². The number of aromatic nitrogens is 1. The zero-order valence-corrected chi connectivity index (χ0v) is 17.4. The van der Waals surface area contributed by atoms with Gasteiger partial charge in [-0.05, 0) is 49.1 Å². The number of aryl methyl sites for hydroxylation is 2. The van der Waals surface area contributed by atoms with Crippen LogP contribution >= 0.6 is 0 Å². The van der Waals surface area contributed by atoms with Crippen LogP contribution in [-0.4, -0.2) is 20.7 Å². The topological polar surface area (TPSA) is 81.4 Å². The molecule has 0 radical (unpaired) electrons. The Morgan fingerprint density at radius 1 is 1.07 bits per heavy atom. The number of sulfonamides is 1. The molecule has 0 fully saturated rings. The van der Waals surface area contributed by atoms with Gasteiger partial charge in [0.05, 0.1) is 23.4 Å². The predicted octanol–water partition coefficient (Wildman–Crippen LogP) is 4.89. The molecule has 2 aromatic carbocycles. The summed E-state index contributed by atoms with van der Waals surface area (Å²) < 4.78 is 39.8. The van der Waals surface area contributed by atoms with E-state index in [1.54, 1.807) is 24.3 Å². The monoisotopic (exact) mass is 400 g/mol.